The zero-order valence-corrected chi connectivity index (χ0v) is 13.7. The molecule has 2 nitrogen and oxygen atoms in total. The number of fused-ring (bicyclic) bond motifs is 1. The van der Waals surface area contributed by atoms with E-state index in [9.17, 15) is 9.18 Å². The van der Waals surface area contributed by atoms with E-state index in [0.29, 0.717) is 10.9 Å². The van der Waals surface area contributed by atoms with Gasteiger partial charge < -0.3 is 5.32 Å². The third-order valence-corrected chi connectivity index (χ3v) is 5.17. The normalized spacial score (nSPS) is 16.6. The zero-order valence-electron chi connectivity index (χ0n) is 11.3. The zero-order chi connectivity index (χ0) is 15.0. The fraction of sp³-hybridized carbons (Fsp3) is 0.188. The van der Waals surface area contributed by atoms with Crippen LogP contribution in [-0.4, -0.2) is 11.2 Å². The van der Waals surface area contributed by atoms with Gasteiger partial charge in [-0.05, 0) is 43.2 Å². The molecule has 1 N–H and O–H groups in total. The smallest absolute Gasteiger partial charge is 0.238 e. The molecule has 1 heterocycles. The van der Waals surface area contributed by atoms with Crippen molar-refractivity contribution in [1.29, 1.82) is 0 Å². The van der Waals surface area contributed by atoms with E-state index in [2.05, 4.69) is 33.4 Å². The summed E-state index contributed by atoms with van der Waals surface area (Å²) in [5, 5.41) is 2.47. The van der Waals surface area contributed by atoms with Crippen molar-refractivity contribution in [2.24, 2.45) is 0 Å². The van der Waals surface area contributed by atoms with Crippen LogP contribution < -0.4 is 5.32 Å². The molecule has 5 heteroatoms. The van der Waals surface area contributed by atoms with E-state index >= 15 is 0 Å². The lowest BCUT2D eigenvalue weighted by molar-refractivity contribution is -0.115. The highest BCUT2D eigenvalue weighted by Gasteiger charge is 2.28. The monoisotopic (exact) mass is 365 g/mol. The number of rotatable bonds is 2. The molecule has 0 unspecified atom stereocenters. The Kier molecular flexibility index (Phi) is 4.04. The Balaban J connectivity index is 1.73. The van der Waals surface area contributed by atoms with Gasteiger partial charge in [0.05, 0.1) is 10.9 Å². The summed E-state index contributed by atoms with van der Waals surface area (Å²) in [7, 11) is 0. The Morgan fingerprint density at radius 2 is 2.14 bits per heavy atom. The highest BCUT2D eigenvalue weighted by Crippen LogP contribution is 2.38. The molecule has 0 saturated carbocycles. The van der Waals surface area contributed by atoms with Gasteiger partial charge in [0.2, 0.25) is 5.91 Å². The first-order valence-corrected chi connectivity index (χ1v) is 8.22. The van der Waals surface area contributed by atoms with Crippen LogP contribution in [0.1, 0.15) is 11.1 Å². The molecule has 0 radical (unpaired) electrons. The van der Waals surface area contributed by atoms with Crippen LogP contribution in [0.25, 0.3) is 0 Å². The quantitative estimate of drug-likeness (QED) is 0.845. The minimum Gasteiger partial charge on any atom is -0.323 e. The molecular formula is C16H13BrFNOS. The van der Waals surface area contributed by atoms with Crippen molar-refractivity contribution in [3.63, 3.8) is 0 Å². The van der Waals surface area contributed by atoms with Crippen LogP contribution in [0.2, 0.25) is 0 Å². The summed E-state index contributed by atoms with van der Waals surface area (Å²) < 4.78 is 14.4. The van der Waals surface area contributed by atoms with Crippen molar-refractivity contribution in [1.82, 2.24) is 0 Å². The largest absolute Gasteiger partial charge is 0.323 e. The number of hydrogen-bond donors (Lipinski definition) is 1. The number of anilines is 1. The molecule has 2 aromatic rings. The summed E-state index contributed by atoms with van der Waals surface area (Å²) in [6, 6.07) is 10.8. The standard InChI is InChI=1S/C16H13BrFNOS/c1-9-2-3-10-7-15(21-14(10)6-9)16(20)19-13-5-4-11(17)8-12(13)18/h2-6,8,15H,7H2,1H3,(H,19,20)/t15-/m1/s1. The number of thioether (sulfide) groups is 1. The molecule has 108 valence electrons. The van der Waals surface area contributed by atoms with Crippen LogP contribution in [0.4, 0.5) is 10.1 Å². The van der Waals surface area contributed by atoms with E-state index in [0.717, 1.165) is 4.90 Å². The summed E-state index contributed by atoms with van der Waals surface area (Å²) in [5.74, 6) is -0.593. The topological polar surface area (TPSA) is 29.1 Å². The van der Waals surface area contributed by atoms with E-state index in [1.165, 1.54) is 17.2 Å². The molecule has 21 heavy (non-hydrogen) atoms. The van der Waals surface area contributed by atoms with Gasteiger partial charge in [-0.15, -0.1) is 11.8 Å². The third-order valence-electron chi connectivity index (χ3n) is 3.38. The van der Waals surface area contributed by atoms with E-state index < -0.39 is 5.82 Å². The Labute approximate surface area is 135 Å². The first-order valence-electron chi connectivity index (χ1n) is 6.55. The first kappa shape index (κ1) is 14.6. The van der Waals surface area contributed by atoms with Gasteiger partial charge in [-0.2, -0.15) is 0 Å². The second kappa shape index (κ2) is 5.81. The fourth-order valence-electron chi connectivity index (χ4n) is 2.29. The SMILES string of the molecule is Cc1ccc2c(c1)S[C@@H](C(=O)Nc1ccc(Br)cc1F)C2. The summed E-state index contributed by atoms with van der Waals surface area (Å²) in [5.41, 5.74) is 2.58. The maximum Gasteiger partial charge on any atom is 0.238 e. The number of halogens is 2. The molecule has 0 aromatic heterocycles. The predicted molar refractivity (Wildman–Crippen MR) is 87.3 cm³/mol. The van der Waals surface area contributed by atoms with Gasteiger partial charge in [0, 0.05) is 9.37 Å². The number of benzene rings is 2. The Hall–Kier alpha value is -1.33. The minimum atomic E-state index is -0.436. The van der Waals surface area contributed by atoms with Crippen molar-refractivity contribution in [3.8, 4) is 0 Å². The molecule has 1 atom stereocenters. The number of carbonyl (C=O) groups is 1. The van der Waals surface area contributed by atoms with Crippen molar-refractivity contribution in [3.05, 3.63) is 57.8 Å². The van der Waals surface area contributed by atoms with Crippen LogP contribution >= 0.6 is 27.7 Å². The van der Waals surface area contributed by atoms with Crippen LogP contribution in [0.3, 0.4) is 0 Å². The molecule has 1 aliphatic rings. The molecule has 0 aliphatic carbocycles. The molecule has 0 spiro atoms. The van der Waals surface area contributed by atoms with Gasteiger partial charge in [0.15, 0.2) is 0 Å². The summed E-state index contributed by atoms with van der Waals surface area (Å²) in [4.78, 5) is 13.4. The molecule has 0 fully saturated rings. The van der Waals surface area contributed by atoms with E-state index in [-0.39, 0.29) is 16.8 Å². The van der Waals surface area contributed by atoms with Crippen molar-refractivity contribution >= 4 is 39.3 Å². The van der Waals surface area contributed by atoms with Crippen LogP contribution in [-0.2, 0) is 11.2 Å². The van der Waals surface area contributed by atoms with Gasteiger partial charge in [0.25, 0.3) is 0 Å². The van der Waals surface area contributed by atoms with Gasteiger partial charge in [-0.1, -0.05) is 33.6 Å². The summed E-state index contributed by atoms with van der Waals surface area (Å²) >= 11 is 4.74. The second-order valence-electron chi connectivity index (χ2n) is 5.04. The van der Waals surface area contributed by atoms with Crippen LogP contribution in [0.5, 0.6) is 0 Å². The Morgan fingerprint density at radius 3 is 2.90 bits per heavy atom. The Morgan fingerprint density at radius 1 is 1.33 bits per heavy atom. The van der Waals surface area contributed by atoms with Gasteiger partial charge in [-0.25, -0.2) is 4.39 Å². The van der Waals surface area contributed by atoms with Crippen molar-refractivity contribution in [2.45, 2.75) is 23.5 Å². The highest BCUT2D eigenvalue weighted by atomic mass is 79.9. The second-order valence-corrected chi connectivity index (χ2v) is 7.20. The lowest BCUT2D eigenvalue weighted by Gasteiger charge is -2.10. The summed E-state index contributed by atoms with van der Waals surface area (Å²) in [6.45, 7) is 2.03. The lowest BCUT2D eigenvalue weighted by Crippen LogP contribution is -2.25. The van der Waals surface area contributed by atoms with Crippen molar-refractivity contribution < 1.29 is 9.18 Å². The number of aryl methyl sites for hydroxylation is 1. The minimum absolute atomic E-state index is 0.157. The third kappa shape index (κ3) is 3.14. The van der Waals surface area contributed by atoms with Crippen molar-refractivity contribution in [2.75, 3.05) is 5.32 Å². The van der Waals surface area contributed by atoms with E-state index in [1.807, 2.05) is 13.0 Å². The molecule has 2 aromatic carbocycles. The predicted octanol–water partition coefficient (Wildman–Crippen LogP) is 4.55. The molecule has 0 saturated heterocycles. The van der Waals surface area contributed by atoms with E-state index in [4.69, 9.17) is 0 Å². The van der Waals surface area contributed by atoms with E-state index in [1.54, 1.807) is 23.9 Å². The molecule has 0 bridgehead atoms. The van der Waals surface area contributed by atoms with Gasteiger partial charge in [-0.3, -0.25) is 4.79 Å². The van der Waals surface area contributed by atoms with Crippen LogP contribution in [0, 0.1) is 12.7 Å². The fourth-order valence-corrected chi connectivity index (χ4v) is 3.91. The molecular weight excluding hydrogens is 353 g/mol. The van der Waals surface area contributed by atoms with Gasteiger partial charge >= 0.3 is 0 Å². The molecule has 1 aliphatic heterocycles. The molecule has 3 rings (SSSR count). The Bertz CT molecular complexity index is 719. The average molecular weight is 366 g/mol. The number of carbonyl (C=O) groups excluding carboxylic acids is 1. The maximum atomic E-state index is 13.8. The maximum absolute atomic E-state index is 13.8. The summed E-state index contributed by atoms with van der Waals surface area (Å²) in [6.07, 6.45) is 0.685. The molecule has 1 amide bonds. The average Bonchev–Trinajstić information content (AvgIpc) is 2.85. The number of amides is 1. The lowest BCUT2D eigenvalue weighted by atomic mass is 10.1. The highest BCUT2D eigenvalue weighted by molar-refractivity contribution is 9.10. The van der Waals surface area contributed by atoms with Gasteiger partial charge in [0.1, 0.15) is 5.82 Å². The van der Waals surface area contributed by atoms with Crippen LogP contribution in [0.15, 0.2) is 45.8 Å². The first-order chi connectivity index (χ1) is 10.0. The number of nitrogens with one attached hydrogen (secondary N) is 1. The number of hydrogen-bond acceptors (Lipinski definition) is 2.